The second kappa shape index (κ2) is 10.1. The fraction of sp³-hybridized carbons (Fsp3) is 0.737. The number of hydrogen-bond donors (Lipinski definition) is 2. The lowest BCUT2D eigenvalue weighted by atomic mass is 9.97. The van der Waals surface area contributed by atoms with Crippen LogP contribution in [0.1, 0.15) is 51.0 Å². The van der Waals surface area contributed by atoms with Gasteiger partial charge in [-0.25, -0.2) is 18.1 Å². The first-order chi connectivity index (χ1) is 13.5. The smallest absolute Gasteiger partial charge is 0.392 e. The Bertz CT molecular complexity index is 772. The number of aliphatic hydroxyl groups is 1. The van der Waals surface area contributed by atoms with E-state index in [4.69, 9.17) is 0 Å². The summed E-state index contributed by atoms with van der Waals surface area (Å²) in [6.07, 6.45) is -0.149. The number of piperidine rings is 1. The molecule has 1 unspecified atom stereocenters. The summed E-state index contributed by atoms with van der Waals surface area (Å²) in [5, 5.41) is 10.0. The highest BCUT2D eigenvalue weighted by Crippen LogP contribution is 2.36. The Morgan fingerprint density at radius 2 is 2.10 bits per heavy atom. The Morgan fingerprint density at radius 3 is 2.76 bits per heavy atom. The van der Waals surface area contributed by atoms with E-state index in [0.717, 1.165) is 19.3 Å². The van der Waals surface area contributed by atoms with Gasteiger partial charge in [-0.15, -0.1) is 0 Å². The number of anilines is 1. The highest BCUT2D eigenvalue weighted by Gasteiger charge is 2.42. The van der Waals surface area contributed by atoms with Crippen molar-refractivity contribution in [1.82, 2.24) is 9.71 Å². The molecule has 0 aromatic carbocycles. The highest BCUT2D eigenvalue weighted by molar-refractivity contribution is 7.89. The number of pyridine rings is 1. The van der Waals surface area contributed by atoms with Crippen LogP contribution in [0, 0.1) is 12.8 Å². The number of aromatic nitrogens is 1. The van der Waals surface area contributed by atoms with Crippen molar-refractivity contribution < 1.29 is 26.7 Å². The first-order valence-corrected chi connectivity index (χ1v) is 11.5. The summed E-state index contributed by atoms with van der Waals surface area (Å²) in [6.45, 7) is 3.55. The first-order valence-electron chi connectivity index (χ1n) is 10.0. The van der Waals surface area contributed by atoms with Crippen LogP contribution in [-0.2, 0) is 10.0 Å². The summed E-state index contributed by atoms with van der Waals surface area (Å²) < 4.78 is 67.6. The summed E-state index contributed by atoms with van der Waals surface area (Å²) >= 11 is 0. The quantitative estimate of drug-likeness (QED) is 0.579. The molecule has 1 aliphatic heterocycles. The van der Waals surface area contributed by atoms with E-state index >= 15 is 0 Å². The summed E-state index contributed by atoms with van der Waals surface area (Å²) in [5.74, 6) is -1.49. The number of aryl methyl sites for hydroxylation is 1. The second-order valence-corrected chi connectivity index (χ2v) is 9.40. The largest absolute Gasteiger partial charge is 0.393 e. The van der Waals surface area contributed by atoms with Crippen LogP contribution in [0.3, 0.4) is 0 Å². The van der Waals surface area contributed by atoms with Gasteiger partial charge in [-0.05, 0) is 37.8 Å². The minimum absolute atomic E-state index is 0.0240. The molecule has 0 bridgehead atoms. The highest BCUT2D eigenvalue weighted by atomic mass is 32.2. The van der Waals surface area contributed by atoms with Gasteiger partial charge < -0.3 is 10.0 Å². The van der Waals surface area contributed by atoms with Crippen LogP contribution in [0.4, 0.5) is 19.0 Å². The van der Waals surface area contributed by atoms with E-state index in [9.17, 15) is 26.7 Å². The maximum absolute atomic E-state index is 13.2. The Labute approximate surface area is 170 Å². The van der Waals surface area contributed by atoms with E-state index < -0.39 is 28.2 Å². The SMILES string of the molecule is CCCCCC(O)CNS(=O)(=O)c1cc(C)cnc1N1CCC[C@H](C(F)(F)F)C1. The Morgan fingerprint density at radius 1 is 1.38 bits per heavy atom. The number of nitrogens with zero attached hydrogens (tertiary/aromatic N) is 2. The lowest BCUT2D eigenvalue weighted by Gasteiger charge is -2.35. The average Bonchev–Trinajstić information content (AvgIpc) is 2.66. The molecule has 6 nitrogen and oxygen atoms in total. The summed E-state index contributed by atoms with van der Waals surface area (Å²) in [4.78, 5) is 5.39. The van der Waals surface area contributed by atoms with Crippen LogP contribution < -0.4 is 9.62 Å². The van der Waals surface area contributed by atoms with Gasteiger partial charge in [-0.2, -0.15) is 13.2 Å². The molecule has 0 spiro atoms. The van der Waals surface area contributed by atoms with E-state index in [0.29, 0.717) is 24.9 Å². The van der Waals surface area contributed by atoms with E-state index in [1.165, 1.54) is 17.2 Å². The second-order valence-electron chi connectivity index (χ2n) is 7.66. The average molecular weight is 438 g/mol. The van der Waals surface area contributed by atoms with Crippen LogP contribution in [0.5, 0.6) is 0 Å². The number of sulfonamides is 1. The maximum atomic E-state index is 13.2. The number of aliphatic hydroxyl groups excluding tert-OH is 1. The molecule has 2 N–H and O–H groups in total. The molecule has 1 saturated heterocycles. The van der Waals surface area contributed by atoms with Crippen LogP contribution in [0.15, 0.2) is 17.2 Å². The number of alkyl halides is 3. The first kappa shape index (κ1) is 23.9. The Balaban J connectivity index is 2.18. The van der Waals surface area contributed by atoms with Gasteiger partial charge >= 0.3 is 6.18 Å². The van der Waals surface area contributed by atoms with Gasteiger partial charge in [0.25, 0.3) is 0 Å². The van der Waals surface area contributed by atoms with Crippen molar-refractivity contribution in [3.63, 3.8) is 0 Å². The van der Waals surface area contributed by atoms with Crippen molar-refractivity contribution in [2.24, 2.45) is 5.92 Å². The number of rotatable bonds is 9. The monoisotopic (exact) mass is 437 g/mol. The molecule has 1 aromatic rings. The number of unbranched alkanes of at least 4 members (excludes halogenated alkanes) is 2. The molecule has 0 aliphatic carbocycles. The fourth-order valence-electron chi connectivity index (χ4n) is 3.42. The van der Waals surface area contributed by atoms with Crippen molar-refractivity contribution >= 4 is 15.8 Å². The molecule has 0 saturated carbocycles. The topological polar surface area (TPSA) is 82.5 Å². The van der Waals surface area contributed by atoms with E-state index in [-0.39, 0.29) is 30.2 Å². The maximum Gasteiger partial charge on any atom is 0.393 e. The van der Waals surface area contributed by atoms with Gasteiger partial charge in [0.1, 0.15) is 10.7 Å². The Kier molecular flexibility index (Phi) is 8.30. The van der Waals surface area contributed by atoms with Crippen molar-refractivity contribution in [3.05, 3.63) is 17.8 Å². The van der Waals surface area contributed by atoms with Gasteiger partial charge in [0.2, 0.25) is 10.0 Å². The summed E-state index contributed by atoms with van der Waals surface area (Å²) in [6, 6.07) is 1.41. The number of nitrogens with one attached hydrogen (secondary N) is 1. The van der Waals surface area contributed by atoms with Crippen molar-refractivity contribution in [2.45, 2.75) is 69.5 Å². The zero-order valence-corrected chi connectivity index (χ0v) is 17.7. The molecule has 1 aromatic heterocycles. The standard InChI is InChI=1S/C19H30F3N3O3S/c1-3-4-5-8-16(26)12-24-29(27,28)17-10-14(2)11-23-18(17)25-9-6-7-15(13-25)19(20,21)22/h10-11,15-16,24,26H,3-9,12-13H2,1-2H3/t15-,16?/m0/s1. The van der Waals surface area contributed by atoms with Gasteiger partial charge in [0.05, 0.1) is 12.0 Å². The van der Waals surface area contributed by atoms with Crippen molar-refractivity contribution in [2.75, 3.05) is 24.5 Å². The molecule has 1 fully saturated rings. The third kappa shape index (κ3) is 6.82. The fourth-order valence-corrected chi connectivity index (χ4v) is 4.75. The zero-order chi connectivity index (χ0) is 21.7. The lowest BCUT2D eigenvalue weighted by molar-refractivity contribution is -0.176. The Hall–Kier alpha value is -1.39. The molecular formula is C19H30F3N3O3S. The van der Waals surface area contributed by atoms with Crippen LogP contribution in [0.2, 0.25) is 0 Å². The molecule has 10 heteroatoms. The van der Waals surface area contributed by atoms with Crippen molar-refractivity contribution in [1.29, 1.82) is 0 Å². The molecule has 2 heterocycles. The van der Waals surface area contributed by atoms with E-state index in [1.807, 2.05) is 6.92 Å². The molecule has 0 radical (unpaired) electrons. The van der Waals surface area contributed by atoms with Crippen LogP contribution in [0.25, 0.3) is 0 Å². The molecule has 1 aliphatic rings. The number of hydrogen-bond acceptors (Lipinski definition) is 5. The van der Waals surface area contributed by atoms with Crippen LogP contribution >= 0.6 is 0 Å². The molecule has 2 atom stereocenters. The van der Waals surface area contributed by atoms with E-state index in [1.54, 1.807) is 6.92 Å². The molecule has 166 valence electrons. The summed E-state index contributed by atoms with van der Waals surface area (Å²) in [5.41, 5.74) is 0.585. The lowest BCUT2D eigenvalue weighted by Crippen LogP contribution is -2.43. The minimum Gasteiger partial charge on any atom is -0.392 e. The molecular weight excluding hydrogens is 407 g/mol. The third-order valence-corrected chi connectivity index (χ3v) is 6.52. The van der Waals surface area contributed by atoms with Gasteiger partial charge in [-0.1, -0.05) is 26.2 Å². The predicted octanol–water partition coefficient (Wildman–Crippen LogP) is 3.39. The molecule has 0 amide bonds. The van der Waals surface area contributed by atoms with Crippen LogP contribution in [-0.4, -0.2) is 50.4 Å². The normalized spacial score (nSPS) is 19.4. The minimum atomic E-state index is -4.33. The van der Waals surface area contributed by atoms with Gasteiger partial charge in [0.15, 0.2) is 0 Å². The van der Waals surface area contributed by atoms with Gasteiger partial charge in [-0.3, -0.25) is 0 Å². The van der Waals surface area contributed by atoms with Crippen molar-refractivity contribution in [3.8, 4) is 0 Å². The van der Waals surface area contributed by atoms with Gasteiger partial charge in [0, 0.05) is 25.8 Å². The summed E-state index contributed by atoms with van der Waals surface area (Å²) in [7, 11) is -4.04. The zero-order valence-electron chi connectivity index (χ0n) is 16.9. The number of halogens is 3. The molecule has 29 heavy (non-hydrogen) atoms. The van der Waals surface area contributed by atoms with E-state index in [2.05, 4.69) is 9.71 Å². The third-order valence-electron chi connectivity index (χ3n) is 5.09. The predicted molar refractivity (Wildman–Crippen MR) is 105 cm³/mol. The molecule has 2 rings (SSSR count).